The molecule has 0 bridgehead atoms. The molecule has 0 spiro atoms. The van der Waals surface area contributed by atoms with Crippen LogP contribution in [0.4, 0.5) is 4.39 Å². The van der Waals surface area contributed by atoms with E-state index in [9.17, 15) is 14.0 Å². The molecule has 0 aliphatic rings. The molecule has 0 aliphatic heterocycles. The predicted molar refractivity (Wildman–Crippen MR) is 147 cm³/mol. The lowest BCUT2D eigenvalue weighted by Gasteiger charge is -2.32. The zero-order chi connectivity index (χ0) is 27.3. The van der Waals surface area contributed by atoms with Crippen LogP contribution in [0.5, 0.6) is 11.5 Å². The molecule has 6 nitrogen and oxygen atoms in total. The minimum Gasteiger partial charge on any atom is -0.493 e. The van der Waals surface area contributed by atoms with Crippen LogP contribution in [0.15, 0.2) is 72.8 Å². The van der Waals surface area contributed by atoms with Gasteiger partial charge in [0.05, 0.1) is 14.2 Å². The number of nitrogens with one attached hydrogen (secondary N) is 1. The summed E-state index contributed by atoms with van der Waals surface area (Å²) in [6.45, 7) is 2.57. The molecule has 0 saturated heterocycles. The van der Waals surface area contributed by atoms with Gasteiger partial charge in [0.15, 0.2) is 11.5 Å². The molecule has 1 N–H and O–H groups in total. The summed E-state index contributed by atoms with van der Waals surface area (Å²) in [5.41, 5.74) is 2.19. The van der Waals surface area contributed by atoms with Crippen LogP contribution in [0.1, 0.15) is 42.9 Å². The molecule has 1 atom stereocenters. The van der Waals surface area contributed by atoms with Gasteiger partial charge >= 0.3 is 0 Å². The van der Waals surface area contributed by atoms with E-state index in [4.69, 9.17) is 9.47 Å². The van der Waals surface area contributed by atoms with Crippen LogP contribution in [0.3, 0.4) is 0 Å². The second-order valence-corrected chi connectivity index (χ2v) is 9.15. The van der Waals surface area contributed by atoms with Crippen LogP contribution < -0.4 is 14.8 Å². The standard InChI is InChI=1S/C31H37FN2O4/c1-4-5-19-33-31(36)27(20-23-11-7-6-8-12-23)34(22-25-13-9-10-14-26(25)32)30(35)18-16-24-15-17-28(37-2)29(21-24)38-3/h6-15,17,21,27H,4-5,16,18-20,22H2,1-3H3,(H,33,36)/t27-/m0/s1. The van der Waals surface area contributed by atoms with E-state index in [0.717, 1.165) is 24.0 Å². The Balaban J connectivity index is 1.90. The summed E-state index contributed by atoms with van der Waals surface area (Å²) in [6.07, 6.45) is 2.69. The number of nitrogens with zero attached hydrogens (tertiary/aromatic N) is 1. The second-order valence-electron chi connectivity index (χ2n) is 9.15. The molecule has 0 heterocycles. The molecule has 0 radical (unpaired) electrons. The lowest BCUT2D eigenvalue weighted by atomic mass is 10.0. The number of carbonyl (C=O) groups is 2. The molecule has 0 aromatic heterocycles. The monoisotopic (exact) mass is 520 g/mol. The van der Waals surface area contributed by atoms with Gasteiger partial charge in [0.1, 0.15) is 11.9 Å². The first-order chi connectivity index (χ1) is 18.5. The number of hydrogen-bond acceptors (Lipinski definition) is 4. The van der Waals surface area contributed by atoms with Crippen molar-refractivity contribution in [1.29, 1.82) is 0 Å². The van der Waals surface area contributed by atoms with Gasteiger partial charge in [0, 0.05) is 31.5 Å². The van der Waals surface area contributed by atoms with Crippen molar-refractivity contribution in [3.63, 3.8) is 0 Å². The third-order valence-corrected chi connectivity index (χ3v) is 6.47. The summed E-state index contributed by atoms with van der Waals surface area (Å²) in [5, 5.41) is 2.98. The fraction of sp³-hybridized carbons (Fsp3) is 0.355. The maximum absolute atomic E-state index is 14.7. The van der Waals surface area contributed by atoms with Gasteiger partial charge in [-0.3, -0.25) is 9.59 Å². The summed E-state index contributed by atoms with van der Waals surface area (Å²) in [7, 11) is 3.13. The lowest BCUT2D eigenvalue weighted by Crippen LogP contribution is -2.50. The van der Waals surface area contributed by atoms with Crippen molar-refractivity contribution in [3.8, 4) is 11.5 Å². The zero-order valence-electron chi connectivity index (χ0n) is 22.4. The fourth-order valence-corrected chi connectivity index (χ4v) is 4.30. The molecule has 0 fully saturated rings. The Morgan fingerprint density at radius 1 is 0.921 bits per heavy atom. The number of unbranched alkanes of at least 4 members (excludes halogenated alkanes) is 1. The minimum absolute atomic E-state index is 0.00383. The van der Waals surface area contributed by atoms with Crippen LogP contribution in [-0.4, -0.2) is 43.5 Å². The highest BCUT2D eigenvalue weighted by atomic mass is 19.1. The minimum atomic E-state index is -0.785. The highest BCUT2D eigenvalue weighted by molar-refractivity contribution is 5.88. The molecule has 2 amide bonds. The number of rotatable bonds is 14. The maximum Gasteiger partial charge on any atom is 0.243 e. The molecule has 38 heavy (non-hydrogen) atoms. The topological polar surface area (TPSA) is 67.9 Å². The van der Waals surface area contributed by atoms with E-state index in [2.05, 4.69) is 12.2 Å². The number of ether oxygens (including phenoxy) is 2. The highest BCUT2D eigenvalue weighted by Gasteiger charge is 2.30. The zero-order valence-corrected chi connectivity index (χ0v) is 22.4. The number of hydrogen-bond donors (Lipinski definition) is 1. The quantitative estimate of drug-likeness (QED) is 0.292. The Morgan fingerprint density at radius 3 is 2.32 bits per heavy atom. The molecule has 3 aromatic carbocycles. The van der Waals surface area contributed by atoms with Gasteiger partial charge in [-0.1, -0.05) is 67.9 Å². The van der Waals surface area contributed by atoms with Crippen molar-refractivity contribution >= 4 is 11.8 Å². The number of carbonyl (C=O) groups excluding carboxylic acids is 2. The number of benzene rings is 3. The Morgan fingerprint density at radius 2 is 1.63 bits per heavy atom. The van der Waals surface area contributed by atoms with Crippen LogP contribution >= 0.6 is 0 Å². The van der Waals surface area contributed by atoms with Crippen LogP contribution in [0.2, 0.25) is 0 Å². The Kier molecular flexibility index (Phi) is 11.1. The van der Waals surface area contributed by atoms with E-state index >= 15 is 0 Å². The molecule has 0 unspecified atom stereocenters. The van der Waals surface area contributed by atoms with E-state index < -0.39 is 11.9 Å². The van der Waals surface area contributed by atoms with Crippen molar-refractivity contribution in [2.75, 3.05) is 20.8 Å². The Bertz CT molecular complexity index is 1190. The van der Waals surface area contributed by atoms with Gasteiger partial charge in [-0.15, -0.1) is 0 Å². The molecule has 0 saturated carbocycles. The van der Waals surface area contributed by atoms with Gasteiger partial charge in [-0.05, 0) is 42.2 Å². The third kappa shape index (κ3) is 8.07. The molecule has 3 rings (SSSR count). The van der Waals surface area contributed by atoms with Crippen molar-refractivity contribution in [2.45, 2.75) is 51.6 Å². The molecular weight excluding hydrogens is 483 g/mol. The molecule has 3 aromatic rings. The molecule has 7 heteroatoms. The van der Waals surface area contributed by atoms with E-state index in [1.165, 1.54) is 11.0 Å². The third-order valence-electron chi connectivity index (χ3n) is 6.47. The van der Waals surface area contributed by atoms with Crippen molar-refractivity contribution in [1.82, 2.24) is 10.2 Å². The van der Waals surface area contributed by atoms with E-state index in [-0.39, 0.29) is 24.8 Å². The molecular formula is C31H37FN2O4. The van der Waals surface area contributed by atoms with E-state index in [1.54, 1.807) is 38.5 Å². The van der Waals surface area contributed by atoms with Gasteiger partial charge in [0.2, 0.25) is 11.8 Å². The summed E-state index contributed by atoms with van der Waals surface area (Å²) < 4.78 is 25.4. The Labute approximate surface area is 224 Å². The van der Waals surface area contributed by atoms with E-state index in [1.807, 2.05) is 42.5 Å². The fourth-order valence-electron chi connectivity index (χ4n) is 4.30. The highest BCUT2D eigenvalue weighted by Crippen LogP contribution is 2.28. The van der Waals surface area contributed by atoms with Gasteiger partial charge in [-0.25, -0.2) is 4.39 Å². The van der Waals surface area contributed by atoms with Crippen LogP contribution in [0, 0.1) is 5.82 Å². The van der Waals surface area contributed by atoms with Crippen molar-refractivity contribution in [3.05, 3.63) is 95.3 Å². The molecule has 202 valence electrons. The largest absolute Gasteiger partial charge is 0.493 e. The number of amides is 2. The normalized spacial score (nSPS) is 11.5. The summed E-state index contributed by atoms with van der Waals surface area (Å²) in [4.78, 5) is 28.7. The molecule has 0 aliphatic carbocycles. The van der Waals surface area contributed by atoms with Crippen molar-refractivity contribution in [2.24, 2.45) is 0 Å². The SMILES string of the molecule is CCCCNC(=O)[C@H](Cc1ccccc1)N(Cc1ccccc1F)C(=O)CCc1ccc(OC)c(OC)c1. The average molecular weight is 521 g/mol. The van der Waals surface area contributed by atoms with Crippen LogP contribution in [-0.2, 0) is 29.0 Å². The second kappa shape index (κ2) is 14.8. The smallest absolute Gasteiger partial charge is 0.243 e. The maximum atomic E-state index is 14.7. The van der Waals surface area contributed by atoms with E-state index in [0.29, 0.717) is 36.4 Å². The van der Waals surface area contributed by atoms with Crippen molar-refractivity contribution < 1.29 is 23.5 Å². The first kappa shape index (κ1) is 28.7. The first-order valence-electron chi connectivity index (χ1n) is 13.0. The number of aryl methyl sites for hydroxylation is 1. The average Bonchev–Trinajstić information content (AvgIpc) is 2.94. The lowest BCUT2D eigenvalue weighted by molar-refractivity contribution is -0.141. The van der Waals surface area contributed by atoms with Crippen LogP contribution in [0.25, 0.3) is 0 Å². The van der Waals surface area contributed by atoms with Gasteiger partial charge in [0.25, 0.3) is 0 Å². The van der Waals surface area contributed by atoms with Gasteiger partial charge < -0.3 is 19.7 Å². The predicted octanol–water partition coefficient (Wildman–Crippen LogP) is 5.33. The summed E-state index contributed by atoms with van der Waals surface area (Å²) in [6, 6.07) is 20.7. The number of methoxy groups -OCH3 is 2. The first-order valence-corrected chi connectivity index (χ1v) is 13.0. The number of halogens is 1. The summed E-state index contributed by atoms with van der Waals surface area (Å²) in [5.74, 6) is 0.316. The Hall–Kier alpha value is -3.87. The van der Waals surface area contributed by atoms with Gasteiger partial charge in [-0.2, -0.15) is 0 Å². The summed E-state index contributed by atoms with van der Waals surface area (Å²) >= 11 is 0.